The Morgan fingerprint density at radius 2 is 1.00 bits per heavy atom. The van der Waals surface area contributed by atoms with Gasteiger partial charge in [-0.1, -0.05) is 91.0 Å². The van der Waals surface area contributed by atoms with E-state index in [9.17, 15) is 0 Å². The molecule has 210 valence electrons. The minimum absolute atomic E-state index is 0.907. The lowest BCUT2D eigenvalue weighted by Gasteiger charge is -2.10. The maximum absolute atomic E-state index is 6.16. The number of hydrogen-bond acceptors (Lipinski definition) is 1. The fraction of sp³-hybridized carbons (Fsp3) is 0. The zero-order valence-corrected chi connectivity index (χ0v) is 24.3. The minimum atomic E-state index is 0.907. The maximum atomic E-state index is 6.16. The molecule has 10 aromatic rings. The van der Waals surface area contributed by atoms with E-state index in [1.54, 1.807) is 0 Å². The summed E-state index contributed by atoms with van der Waals surface area (Å²) >= 11 is 0. The molecule has 0 unspecified atom stereocenters. The number of hydrogen-bond donors (Lipinski definition) is 0. The van der Waals surface area contributed by atoms with E-state index in [4.69, 9.17) is 4.42 Å². The van der Waals surface area contributed by atoms with Crippen molar-refractivity contribution >= 4 is 65.6 Å². The van der Waals surface area contributed by atoms with Gasteiger partial charge in [-0.25, -0.2) is 0 Å². The molecule has 0 spiro atoms. The van der Waals surface area contributed by atoms with Crippen molar-refractivity contribution in [2.45, 2.75) is 0 Å². The third-order valence-corrected chi connectivity index (χ3v) is 9.31. The molecule has 3 heteroatoms. The number of nitrogens with zero attached hydrogens (tertiary/aromatic N) is 2. The van der Waals surface area contributed by atoms with Crippen molar-refractivity contribution in [3.63, 3.8) is 0 Å². The van der Waals surface area contributed by atoms with Crippen LogP contribution < -0.4 is 0 Å². The van der Waals surface area contributed by atoms with Crippen LogP contribution in [-0.4, -0.2) is 9.13 Å². The van der Waals surface area contributed by atoms with Gasteiger partial charge in [0.2, 0.25) is 0 Å². The first-order chi connectivity index (χ1) is 22.3. The predicted octanol–water partition coefficient (Wildman–Crippen LogP) is 11.4. The molecule has 3 heterocycles. The zero-order valence-electron chi connectivity index (χ0n) is 24.3. The van der Waals surface area contributed by atoms with Gasteiger partial charge in [0.1, 0.15) is 11.2 Å². The topological polar surface area (TPSA) is 23.0 Å². The largest absolute Gasteiger partial charge is 0.456 e. The molecule has 0 N–H and O–H groups in total. The van der Waals surface area contributed by atoms with Crippen LogP contribution in [-0.2, 0) is 0 Å². The van der Waals surface area contributed by atoms with Crippen molar-refractivity contribution in [2.75, 3.05) is 0 Å². The van der Waals surface area contributed by atoms with Crippen LogP contribution in [0.4, 0.5) is 0 Å². The van der Waals surface area contributed by atoms with Gasteiger partial charge < -0.3 is 13.6 Å². The summed E-state index contributed by atoms with van der Waals surface area (Å²) in [7, 11) is 0. The summed E-state index contributed by atoms with van der Waals surface area (Å²) in [6, 6.07) is 56.6. The summed E-state index contributed by atoms with van der Waals surface area (Å²) in [6.45, 7) is 0. The van der Waals surface area contributed by atoms with Gasteiger partial charge in [-0.2, -0.15) is 0 Å². The molecular formula is C42H26N2O. The van der Waals surface area contributed by atoms with E-state index in [1.165, 1.54) is 60.4 Å². The molecule has 0 aliphatic carbocycles. The fourth-order valence-corrected chi connectivity index (χ4v) is 7.39. The predicted molar refractivity (Wildman–Crippen MR) is 188 cm³/mol. The standard InChI is InChI=1S/C42H26N2O/c1-2-11-28(12-3-1)43-36-17-7-4-13-31(36)34-25-27(21-23-38(34)43)30-16-10-19-39-42(30)33-15-5-8-18-37(33)44(39)29-22-24-41-35(26-29)32-14-6-9-20-40(32)45-41/h1-26H. The molecule has 0 saturated carbocycles. The van der Waals surface area contributed by atoms with Gasteiger partial charge in [-0.3, -0.25) is 0 Å². The lowest BCUT2D eigenvalue weighted by molar-refractivity contribution is 0.669. The van der Waals surface area contributed by atoms with Crippen LogP contribution in [0.5, 0.6) is 0 Å². The van der Waals surface area contributed by atoms with E-state index in [2.05, 4.69) is 155 Å². The Morgan fingerprint density at radius 1 is 0.356 bits per heavy atom. The summed E-state index contributed by atoms with van der Waals surface area (Å²) in [5.41, 5.74) is 11.4. The fourth-order valence-electron chi connectivity index (χ4n) is 7.39. The van der Waals surface area contributed by atoms with E-state index in [1.807, 2.05) is 12.1 Å². The lowest BCUT2D eigenvalue weighted by atomic mass is 9.98. The molecule has 3 aromatic heterocycles. The van der Waals surface area contributed by atoms with Crippen molar-refractivity contribution in [3.05, 3.63) is 158 Å². The molecule has 10 rings (SSSR count). The van der Waals surface area contributed by atoms with E-state index < -0.39 is 0 Å². The molecule has 0 aliphatic rings. The normalized spacial score (nSPS) is 12.0. The second kappa shape index (κ2) is 9.22. The molecular weight excluding hydrogens is 548 g/mol. The zero-order chi connectivity index (χ0) is 29.5. The van der Waals surface area contributed by atoms with Crippen LogP contribution in [0, 0.1) is 0 Å². The molecule has 0 fully saturated rings. The SMILES string of the molecule is c1ccc(-n2c3ccccc3c3cc(-c4cccc5c4c4ccccc4n5-c4ccc5oc6ccccc6c5c4)ccc32)cc1. The number of para-hydroxylation sites is 4. The Bertz CT molecular complexity index is 2760. The van der Waals surface area contributed by atoms with Crippen LogP contribution in [0.25, 0.3) is 88.1 Å². The molecule has 0 radical (unpaired) electrons. The minimum Gasteiger partial charge on any atom is -0.456 e. The Morgan fingerprint density at radius 3 is 1.87 bits per heavy atom. The first kappa shape index (κ1) is 24.4. The second-order valence-electron chi connectivity index (χ2n) is 11.8. The number of rotatable bonds is 3. The lowest BCUT2D eigenvalue weighted by Crippen LogP contribution is -1.93. The highest BCUT2D eigenvalue weighted by atomic mass is 16.3. The van der Waals surface area contributed by atoms with Crippen molar-refractivity contribution < 1.29 is 4.42 Å². The van der Waals surface area contributed by atoms with Gasteiger partial charge in [0.15, 0.2) is 0 Å². The van der Waals surface area contributed by atoms with Gasteiger partial charge in [0.25, 0.3) is 0 Å². The second-order valence-corrected chi connectivity index (χ2v) is 11.8. The van der Waals surface area contributed by atoms with Crippen LogP contribution >= 0.6 is 0 Å². The molecule has 0 amide bonds. The summed E-state index contributed by atoms with van der Waals surface area (Å²) in [4.78, 5) is 0. The van der Waals surface area contributed by atoms with E-state index in [-0.39, 0.29) is 0 Å². The monoisotopic (exact) mass is 574 g/mol. The molecule has 0 aliphatic heterocycles. The average Bonchev–Trinajstić information content (AvgIpc) is 3.76. The molecule has 0 saturated heterocycles. The highest BCUT2D eigenvalue weighted by Gasteiger charge is 2.19. The Labute approximate surface area is 258 Å². The first-order valence-electron chi connectivity index (χ1n) is 15.4. The van der Waals surface area contributed by atoms with Crippen molar-refractivity contribution in [3.8, 4) is 22.5 Å². The van der Waals surface area contributed by atoms with Crippen molar-refractivity contribution in [1.82, 2.24) is 9.13 Å². The maximum Gasteiger partial charge on any atom is 0.135 e. The quantitative estimate of drug-likeness (QED) is 0.206. The van der Waals surface area contributed by atoms with Crippen LogP contribution in [0.15, 0.2) is 162 Å². The van der Waals surface area contributed by atoms with Crippen LogP contribution in [0.2, 0.25) is 0 Å². The van der Waals surface area contributed by atoms with Crippen molar-refractivity contribution in [2.24, 2.45) is 0 Å². The third kappa shape index (κ3) is 3.46. The van der Waals surface area contributed by atoms with Gasteiger partial charge in [-0.05, 0) is 77.9 Å². The van der Waals surface area contributed by atoms with E-state index in [0.717, 1.165) is 27.6 Å². The Kier molecular flexibility index (Phi) is 5.00. The van der Waals surface area contributed by atoms with Gasteiger partial charge in [-0.15, -0.1) is 0 Å². The van der Waals surface area contributed by atoms with Gasteiger partial charge in [0, 0.05) is 43.7 Å². The average molecular weight is 575 g/mol. The molecule has 7 aromatic carbocycles. The number of furan rings is 1. The van der Waals surface area contributed by atoms with Gasteiger partial charge >= 0.3 is 0 Å². The molecule has 3 nitrogen and oxygen atoms in total. The third-order valence-electron chi connectivity index (χ3n) is 9.31. The van der Waals surface area contributed by atoms with E-state index in [0.29, 0.717) is 0 Å². The summed E-state index contributed by atoms with van der Waals surface area (Å²) in [5.74, 6) is 0. The highest BCUT2D eigenvalue weighted by Crippen LogP contribution is 2.41. The van der Waals surface area contributed by atoms with Gasteiger partial charge in [0.05, 0.1) is 22.1 Å². The molecule has 0 atom stereocenters. The number of aromatic nitrogens is 2. The summed E-state index contributed by atoms with van der Waals surface area (Å²) in [5, 5.41) is 7.28. The molecule has 0 bridgehead atoms. The van der Waals surface area contributed by atoms with E-state index >= 15 is 0 Å². The summed E-state index contributed by atoms with van der Waals surface area (Å²) in [6.07, 6.45) is 0. The number of fused-ring (bicyclic) bond motifs is 9. The first-order valence-corrected chi connectivity index (χ1v) is 15.4. The summed E-state index contributed by atoms with van der Waals surface area (Å²) < 4.78 is 10.9. The van der Waals surface area contributed by atoms with Crippen LogP contribution in [0.1, 0.15) is 0 Å². The molecule has 45 heavy (non-hydrogen) atoms. The highest BCUT2D eigenvalue weighted by molar-refractivity contribution is 6.17. The van der Waals surface area contributed by atoms with Crippen molar-refractivity contribution in [1.29, 1.82) is 0 Å². The number of benzene rings is 7. The Hall–Kier alpha value is -6.06. The Balaban J connectivity index is 1.24. The smallest absolute Gasteiger partial charge is 0.135 e. The van der Waals surface area contributed by atoms with Crippen LogP contribution in [0.3, 0.4) is 0 Å².